The van der Waals surface area contributed by atoms with Gasteiger partial charge < -0.3 is 9.47 Å². The minimum atomic E-state index is -0.467. The number of hydrogen-bond donors (Lipinski definition) is 1. The van der Waals surface area contributed by atoms with Crippen LogP contribution in [-0.2, 0) is 22.3 Å². The van der Waals surface area contributed by atoms with Crippen molar-refractivity contribution < 1.29 is 9.47 Å². The third-order valence-electron chi connectivity index (χ3n) is 3.19. The van der Waals surface area contributed by atoms with Gasteiger partial charge in [-0.3, -0.25) is 5.10 Å². The van der Waals surface area contributed by atoms with Gasteiger partial charge in [0.2, 0.25) is 5.79 Å². The number of aromatic nitrogens is 2. The zero-order valence-corrected chi connectivity index (χ0v) is 8.06. The average molecular weight is 202 g/mol. The van der Waals surface area contributed by atoms with Crippen LogP contribution in [0.2, 0.25) is 0 Å². The molecule has 0 saturated carbocycles. The smallest absolute Gasteiger partial charge is 0.220 e. The lowest BCUT2D eigenvalue weighted by Crippen LogP contribution is -2.31. The van der Waals surface area contributed by atoms with Gasteiger partial charge in [0.25, 0.3) is 0 Å². The number of fused-ring (bicyclic) bond motifs is 2. The summed E-state index contributed by atoms with van der Waals surface area (Å²) in [4.78, 5) is 0. The number of nitrogens with one attached hydrogen (secondary N) is 1. The molecule has 4 rings (SSSR count). The molecule has 1 aromatic heterocycles. The molecule has 1 spiro atoms. The molecule has 1 saturated heterocycles. The summed E-state index contributed by atoms with van der Waals surface area (Å²) in [5, 5.41) is 6.99. The summed E-state index contributed by atoms with van der Waals surface area (Å²) >= 11 is 0. The van der Waals surface area contributed by atoms with E-state index in [0.29, 0.717) is 0 Å². The number of nitrogens with zero attached hydrogens (tertiary/aromatic N) is 1. The van der Waals surface area contributed by atoms with Crippen molar-refractivity contribution in [2.45, 2.75) is 24.7 Å². The maximum atomic E-state index is 5.95. The molecule has 0 aromatic carbocycles. The lowest BCUT2D eigenvalue weighted by Gasteiger charge is -2.21. The van der Waals surface area contributed by atoms with Crippen LogP contribution in [0.1, 0.15) is 11.3 Å². The predicted molar refractivity (Wildman–Crippen MR) is 51.9 cm³/mol. The molecule has 76 valence electrons. The van der Waals surface area contributed by atoms with Crippen molar-refractivity contribution in [3.8, 4) is 0 Å². The van der Waals surface area contributed by atoms with Gasteiger partial charge in [0.15, 0.2) is 0 Å². The van der Waals surface area contributed by atoms with Crippen LogP contribution in [0.15, 0.2) is 30.2 Å². The standard InChI is InChI=1S/C11H10N2O2/c1-2-9-10(3-1)15-11(14-9)4-7-6-12-13-8(7)5-11/h1-3,6,9H,4-5H2,(H,12,13). The van der Waals surface area contributed by atoms with Crippen molar-refractivity contribution in [1.82, 2.24) is 10.2 Å². The topological polar surface area (TPSA) is 47.1 Å². The first-order chi connectivity index (χ1) is 7.35. The van der Waals surface area contributed by atoms with E-state index >= 15 is 0 Å². The van der Waals surface area contributed by atoms with E-state index in [2.05, 4.69) is 10.2 Å². The molecular formula is C11H10N2O2. The molecule has 1 aliphatic heterocycles. The van der Waals surface area contributed by atoms with Crippen molar-refractivity contribution in [2.75, 3.05) is 0 Å². The Kier molecular flexibility index (Phi) is 1.20. The summed E-state index contributed by atoms with van der Waals surface area (Å²) in [6.45, 7) is 0. The Morgan fingerprint density at radius 2 is 2.47 bits per heavy atom. The minimum Gasteiger partial charge on any atom is -0.463 e. The highest BCUT2D eigenvalue weighted by molar-refractivity contribution is 5.33. The first-order valence-electron chi connectivity index (χ1n) is 5.11. The summed E-state index contributed by atoms with van der Waals surface area (Å²) < 4.78 is 11.9. The molecule has 4 nitrogen and oxygen atoms in total. The fourth-order valence-electron chi connectivity index (χ4n) is 2.52. The Labute approximate surface area is 86.6 Å². The monoisotopic (exact) mass is 202 g/mol. The van der Waals surface area contributed by atoms with Crippen LogP contribution in [0.25, 0.3) is 0 Å². The highest BCUT2D eigenvalue weighted by Crippen LogP contribution is 2.43. The van der Waals surface area contributed by atoms with Gasteiger partial charge in [-0.25, -0.2) is 0 Å². The molecule has 0 bridgehead atoms. The quantitative estimate of drug-likeness (QED) is 0.684. The van der Waals surface area contributed by atoms with Crippen molar-refractivity contribution in [2.24, 2.45) is 0 Å². The van der Waals surface area contributed by atoms with Gasteiger partial charge in [-0.05, 0) is 17.7 Å². The average Bonchev–Trinajstić information content (AvgIpc) is 2.84. The third-order valence-corrected chi connectivity index (χ3v) is 3.19. The van der Waals surface area contributed by atoms with Crippen LogP contribution in [0.3, 0.4) is 0 Å². The lowest BCUT2D eigenvalue weighted by molar-refractivity contribution is -0.149. The molecule has 0 amide bonds. The summed E-state index contributed by atoms with van der Waals surface area (Å²) in [6, 6.07) is 0. The largest absolute Gasteiger partial charge is 0.463 e. The van der Waals surface area contributed by atoms with Crippen LogP contribution in [0, 0.1) is 0 Å². The minimum absolute atomic E-state index is 0.0296. The Bertz CT molecular complexity index is 466. The van der Waals surface area contributed by atoms with E-state index in [1.807, 2.05) is 24.4 Å². The Morgan fingerprint density at radius 3 is 3.33 bits per heavy atom. The second kappa shape index (κ2) is 2.33. The molecule has 4 heteroatoms. The van der Waals surface area contributed by atoms with Crippen LogP contribution in [0.4, 0.5) is 0 Å². The van der Waals surface area contributed by atoms with Gasteiger partial charge in [0.05, 0.1) is 12.6 Å². The van der Waals surface area contributed by atoms with Crippen LogP contribution in [0.5, 0.6) is 0 Å². The summed E-state index contributed by atoms with van der Waals surface area (Å²) in [7, 11) is 0. The predicted octanol–water partition coefficient (Wildman–Crippen LogP) is 1.07. The molecule has 1 aromatic rings. The number of aromatic amines is 1. The van der Waals surface area contributed by atoms with Gasteiger partial charge in [-0.1, -0.05) is 6.08 Å². The molecular weight excluding hydrogens is 192 g/mol. The number of ether oxygens (including phenoxy) is 2. The zero-order chi connectivity index (χ0) is 9.88. The Morgan fingerprint density at radius 1 is 1.47 bits per heavy atom. The van der Waals surface area contributed by atoms with Gasteiger partial charge in [0, 0.05) is 12.1 Å². The molecule has 2 aliphatic carbocycles. The van der Waals surface area contributed by atoms with E-state index in [1.165, 1.54) is 5.56 Å². The van der Waals surface area contributed by atoms with Gasteiger partial charge >= 0.3 is 0 Å². The van der Waals surface area contributed by atoms with Crippen molar-refractivity contribution in [3.63, 3.8) is 0 Å². The highest BCUT2D eigenvalue weighted by atomic mass is 16.7. The molecule has 15 heavy (non-hydrogen) atoms. The van der Waals surface area contributed by atoms with E-state index in [-0.39, 0.29) is 6.10 Å². The molecule has 2 atom stereocenters. The van der Waals surface area contributed by atoms with Crippen molar-refractivity contribution >= 4 is 0 Å². The molecule has 2 heterocycles. The Hall–Kier alpha value is -1.55. The lowest BCUT2D eigenvalue weighted by atomic mass is 10.2. The number of H-pyrrole nitrogens is 1. The maximum Gasteiger partial charge on any atom is 0.220 e. The van der Waals surface area contributed by atoms with Crippen LogP contribution >= 0.6 is 0 Å². The molecule has 2 unspecified atom stereocenters. The van der Waals surface area contributed by atoms with E-state index in [1.54, 1.807) is 0 Å². The fourth-order valence-corrected chi connectivity index (χ4v) is 2.52. The van der Waals surface area contributed by atoms with Gasteiger partial charge in [0.1, 0.15) is 11.9 Å². The summed E-state index contributed by atoms with van der Waals surface area (Å²) in [5.74, 6) is 0.471. The van der Waals surface area contributed by atoms with Crippen molar-refractivity contribution in [3.05, 3.63) is 41.4 Å². The maximum absolute atomic E-state index is 5.95. The Balaban J connectivity index is 1.68. The van der Waals surface area contributed by atoms with Gasteiger partial charge in [-0.15, -0.1) is 0 Å². The SMILES string of the molecule is C1=CC2OC3(Cc4cn[nH]c4C3)OC2=C1. The summed E-state index contributed by atoms with van der Waals surface area (Å²) in [6.07, 6.45) is 9.42. The first kappa shape index (κ1) is 7.70. The first-order valence-corrected chi connectivity index (χ1v) is 5.11. The molecule has 1 fully saturated rings. The van der Waals surface area contributed by atoms with Gasteiger partial charge in [-0.2, -0.15) is 5.10 Å². The fraction of sp³-hybridized carbons (Fsp3) is 0.364. The third kappa shape index (κ3) is 0.920. The van der Waals surface area contributed by atoms with Crippen LogP contribution in [-0.4, -0.2) is 22.1 Å². The second-order valence-electron chi connectivity index (χ2n) is 4.23. The second-order valence-corrected chi connectivity index (χ2v) is 4.23. The number of rotatable bonds is 0. The van der Waals surface area contributed by atoms with E-state index in [9.17, 15) is 0 Å². The highest BCUT2D eigenvalue weighted by Gasteiger charge is 2.50. The van der Waals surface area contributed by atoms with E-state index in [0.717, 1.165) is 24.3 Å². The molecule has 3 aliphatic rings. The van der Waals surface area contributed by atoms with E-state index < -0.39 is 5.79 Å². The zero-order valence-electron chi connectivity index (χ0n) is 8.06. The number of allylic oxidation sites excluding steroid dienone is 2. The molecule has 0 radical (unpaired) electrons. The normalized spacial score (nSPS) is 35.5. The van der Waals surface area contributed by atoms with Crippen molar-refractivity contribution in [1.29, 1.82) is 0 Å². The number of hydrogen-bond acceptors (Lipinski definition) is 3. The molecule has 1 N–H and O–H groups in total. The van der Waals surface area contributed by atoms with E-state index in [4.69, 9.17) is 9.47 Å². The van der Waals surface area contributed by atoms with Crippen LogP contribution < -0.4 is 0 Å². The summed E-state index contributed by atoms with van der Waals surface area (Å²) in [5.41, 5.74) is 2.35.